The average Bonchev–Trinajstić information content (AvgIpc) is 2.86. The second-order valence-corrected chi connectivity index (χ2v) is 6.41. The van der Waals surface area contributed by atoms with E-state index < -0.39 is 0 Å². The second kappa shape index (κ2) is 7.23. The summed E-state index contributed by atoms with van der Waals surface area (Å²) in [6.45, 7) is 3.98. The van der Waals surface area contributed by atoms with Gasteiger partial charge in [0.05, 0.1) is 5.69 Å². The number of hydrogen-bond donors (Lipinski definition) is 1. The third-order valence-corrected chi connectivity index (χ3v) is 4.30. The van der Waals surface area contributed by atoms with E-state index in [-0.39, 0.29) is 11.9 Å². The number of rotatable bonds is 6. The van der Waals surface area contributed by atoms with Crippen LogP contribution in [0.15, 0.2) is 18.2 Å². The Bertz CT molecular complexity index is 461. The van der Waals surface area contributed by atoms with Gasteiger partial charge in [-0.05, 0) is 57.5 Å². The Hall–Kier alpha value is -1.13. The molecule has 0 amide bonds. The molecule has 1 aliphatic rings. The summed E-state index contributed by atoms with van der Waals surface area (Å²) < 4.78 is 14.5. The van der Waals surface area contributed by atoms with Crippen molar-refractivity contribution in [3.63, 3.8) is 0 Å². The predicted molar refractivity (Wildman–Crippen MR) is 87.3 cm³/mol. The van der Waals surface area contributed by atoms with Gasteiger partial charge in [-0.15, -0.1) is 0 Å². The zero-order chi connectivity index (χ0) is 15.4. The summed E-state index contributed by atoms with van der Waals surface area (Å²) in [7, 11) is 4.14. The van der Waals surface area contributed by atoms with Gasteiger partial charge in [-0.2, -0.15) is 0 Å². The summed E-state index contributed by atoms with van der Waals surface area (Å²) >= 11 is 0. The van der Waals surface area contributed by atoms with E-state index in [1.165, 1.54) is 0 Å². The van der Waals surface area contributed by atoms with Gasteiger partial charge >= 0.3 is 0 Å². The SMILES string of the molecule is CCC(N)Cc1ccc(N2CCCC2CN(C)C)c(F)c1. The summed E-state index contributed by atoms with van der Waals surface area (Å²) in [5, 5.41) is 0. The maximum absolute atomic E-state index is 14.5. The summed E-state index contributed by atoms with van der Waals surface area (Å²) in [5.41, 5.74) is 7.69. The number of likely N-dealkylation sites (N-methyl/N-ethyl adjacent to an activating group) is 1. The largest absolute Gasteiger partial charge is 0.365 e. The minimum Gasteiger partial charge on any atom is -0.365 e. The monoisotopic (exact) mass is 293 g/mol. The highest BCUT2D eigenvalue weighted by atomic mass is 19.1. The van der Waals surface area contributed by atoms with Crippen molar-refractivity contribution in [1.29, 1.82) is 0 Å². The minimum absolute atomic E-state index is 0.110. The molecule has 0 aromatic heterocycles. The van der Waals surface area contributed by atoms with Crippen molar-refractivity contribution in [1.82, 2.24) is 4.90 Å². The predicted octanol–water partition coefficient (Wildman–Crippen LogP) is 2.64. The summed E-state index contributed by atoms with van der Waals surface area (Å²) in [6, 6.07) is 6.15. The van der Waals surface area contributed by atoms with E-state index in [4.69, 9.17) is 5.73 Å². The quantitative estimate of drug-likeness (QED) is 0.875. The first-order chi connectivity index (χ1) is 10.0. The van der Waals surface area contributed by atoms with Crippen LogP contribution < -0.4 is 10.6 Å². The first-order valence-corrected chi connectivity index (χ1v) is 7.96. The minimum atomic E-state index is -0.110. The molecule has 1 aromatic carbocycles. The fourth-order valence-electron chi connectivity index (χ4n) is 3.12. The first-order valence-electron chi connectivity index (χ1n) is 7.96. The molecule has 2 unspecified atom stereocenters. The van der Waals surface area contributed by atoms with Crippen molar-refractivity contribution in [2.45, 2.75) is 44.7 Å². The van der Waals surface area contributed by atoms with Gasteiger partial charge in [-0.25, -0.2) is 4.39 Å². The molecule has 2 atom stereocenters. The third-order valence-electron chi connectivity index (χ3n) is 4.30. The molecule has 21 heavy (non-hydrogen) atoms. The second-order valence-electron chi connectivity index (χ2n) is 6.41. The van der Waals surface area contributed by atoms with E-state index in [9.17, 15) is 4.39 Å². The molecule has 1 fully saturated rings. The lowest BCUT2D eigenvalue weighted by Crippen LogP contribution is -2.38. The first kappa shape index (κ1) is 16.2. The molecule has 1 aliphatic heterocycles. The maximum Gasteiger partial charge on any atom is 0.146 e. The summed E-state index contributed by atoms with van der Waals surface area (Å²) in [5.74, 6) is -0.110. The van der Waals surface area contributed by atoms with E-state index in [1.807, 2.05) is 12.1 Å². The highest BCUT2D eigenvalue weighted by Crippen LogP contribution is 2.29. The Morgan fingerprint density at radius 2 is 2.19 bits per heavy atom. The van der Waals surface area contributed by atoms with Crippen LogP contribution in [0.2, 0.25) is 0 Å². The maximum atomic E-state index is 14.5. The Balaban J connectivity index is 2.12. The van der Waals surface area contributed by atoms with Gasteiger partial charge in [0, 0.05) is 25.2 Å². The molecule has 0 spiro atoms. The molecule has 1 heterocycles. The van der Waals surface area contributed by atoms with Gasteiger partial charge in [0.1, 0.15) is 5.82 Å². The van der Waals surface area contributed by atoms with Crippen molar-refractivity contribution in [2.75, 3.05) is 32.1 Å². The van der Waals surface area contributed by atoms with Gasteiger partial charge in [-0.1, -0.05) is 13.0 Å². The number of anilines is 1. The molecule has 0 bridgehead atoms. The highest BCUT2D eigenvalue weighted by Gasteiger charge is 2.27. The van der Waals surface area contributed by atoms with Crippen LogP contribution in [-0.4, -0.2) is 44.2 Å². The lowest BCUT2D eigenvalue weighted by molar-refractivity contribution is 0.371. The molecule has 0 radical (unpaired) electrons. The van der Waals surface area contributed by atoms with Gasteiger partial charge in [0.25, 0.3) is 0 Å². The molecular weight excluding hydrogens is 265 g/mol. The highest BCUT2D eigenvalue weighted by molar-refractivity contribution is 5.51. The van der Waals surface area contributed by atoms with Crippen molar-refractivity contribution in [3.05, 3.63) is 29.6 Å². The molecular formula is C17H28FN3. The lowest BCUT2D eigenvalue weighted by Gasteiger charge is -2.29. The van der Waals surface area contributed by atoms with Crippen LogP contribution in [0.4, 0.5) is 10.1 Å². The van der Waals surface area contributed by atoms with E-state index in [0.29, 0.717) is 6.04 Å². The van der Waals surface area contributed by atoms with Crippen LogP contribution >= 0.6 is 0 Å². The molecule has 2 N–H and O–H groups in total. The molecule has 0 aliphatic carbocycles. The molecule has 4 heteroatoms. The lowest BCUT2D eigenvalue weighted by atomic mass is 10.0. The fourth-order valence-corrected chi connectivity index (χ4v) is 3.12. The van der Waals surface area contributed by atoms with Crippen LogP contribution in [0.3, 0.4) is 0 Å². The Morgan fingerprint density at radius 1 is 1.43 bits per heavy atom. The standard InChI is InChI=1S/C17H28FN3/c1-4-14(19)10-13-7-8-17(16(18)11-13)21-9-5-6-15(21)12-20(2)3/h7-8,11,14-15H,4-6,9-10,12,19H2,1-3H3. The number of nitrogens with two attached hydrogens (primary N) is 1. The third kappa shape index (κ3) is 4.17. The Labute approximate surface area is 127 Å². The van der Waals surface area contributed by atoms with Crippen molar-refractivity contribution < 1.29 is 4.39 Å². The Morgan fingerprint density at radius 3 is 2.81 bits per heavy atom. The van der Waals surface area contributed by atoms with Crippen molar-refractivity contribution in [3.8, 4) is 0 Å². The van der Waals surface area contributed by atoms with E-state index in [2.05, 4.69) is 30.8 Å². The molecule has 2 rings (SSSR count). The normalized spacial score (nSPS) is 20.3. The molecule has 118 valence electrons. The van der Waals surface area contributed by atoms with E-state index in [0.717, 1.165) is 50.0 Å². The van der Waals surface area contributed by atoms with Gasteiger partial charge in [0.15, 0.2) is 0 Å². The smallest absolute Gasteiger partial charge is 0.146 e. The van der Waals surface area contributed by atoms with Gasteiger partial charge in [-0.3, -0.25) is 0 Å². The number of halogens is 1. The van der Waals surface area contributed by atoms with E-state index >= 15 is 0 Å². The number of nitrogens with zero attached hydrogens (tertiary/aromatic N) is 2. The molecule has 3 nitrogen and oxygen atoms in total. The van der Waals surface area contributed by atoms with Gasteiger partial charge in [0.2, 0.25) is 0 Å². The zero-order valence-electron chi connectivity index (χ0n) is 13.5. The number of hydrogen-bond acceptors (Lipinski definition) is 3. The molecule has 1 aromatic rings. The van der Waals surface area contributed by atoms with Crippen LogP contribution in [0.1, 0.15) is 31.7 Å². The van der Waals surface area contributed by atoms with Gasteiger partial charge < -0.3 is 15.5 Å². The summed E-state index contributed by atoms with van der Waals surface area (Å²) in [6.07, 6.45) is 3.94. The van der Waals surface area contributed by atoms with Crippen LogP contribution in [-0.2, 0) is 6.42 Å². The van der Waals surface area contributed by atoms with Crippen LogP contribution in [0.5, 0.6) is 0 Å². The van der Waals surface area contributed by atoms with Crippen LogP contribution in [0, 0.1) is 5.82 Å². The fraction of sp³-hybridized carbons (Fsp3) is 0.647. The molecule has 1 saturated heterocycles. The molecule has 0 saturated carbocycles. The summed E-state index contributed by atoms with van der Waals surface area (Å²) in [4.78, 5) is 4.40. The van der Waals surface area contributed by atoms with E-state index in [1.54, 1.807) is 6.07 Å². The number of benzene rings is 1. The van der Waals surface area contributed by atoms with Crippen molar-refractivity contribution >= 4 is 5.69 Å². The average molecular weight is 293 g/mol. The topological polar surface area (TPSA) is 32.5 Å². The van der Waals surface area contributed by atoms with Crippen molar-refractivity contribution in [2.24, 2.45) is 5.73 Å². The Kier molecular flexibility index (Phi) is 5.59. The van der Waals surface area contributed by atoms with Crippen LogP contribution in [0.25, 0.3) is 0 Å². The zero-order valence-corrected chi connectivity index (χ0v) is 13.5.